The molecule has 1 aliphatic heterocycles. The van der Waals surface area contributed by atoms with Crippen LogP contribution in [0.1, 0.15) is 24.0 Å². The summed E-state index contributed by atoms with van der Waals surface area (Å²) in [6.07, 6.45) is 4.70. The van der Waals surface area contributed by atoms with Crippen LogP contribution in [0.4, 0.5) is 5.82 Å². The number of amides is 1. The predicted octanol–water partition coefficient (Wildman–Crippen LogP) is 3.65. The number of rotatable bonds is 7. The van der Waals surface area contributed by atoms with Gasteiger partial charge in [0.05, 0.1) is 17.8 Å². The van der Waals surface area contributed by atoms with Gasteiger partial charge in [0.2, 0.25) is 0 Å². The van der Waals surface area contributed by atoms with Gasteiger partial charge in [0.1, 0.15) is 23.6 Å². The second-order valence-electron chi connectivity index (χ2n) is 8.85. The van der Waals surface area contributed by atoms with Gasteiger partial charge in [-0.1, -0.05) is 24.1 Å². The molecule has 2 N–H and O–H groups in total. The van der Waals surface area contributed by atoms with Crippen molar-refractivity contribution in [3.05, 3.63) is 78.2 Å². The Morgan fingerprint density at radius 2 is 1.81 bits per heavy atom. The van der Waals surface area contributed by atoms with Crippen molar-refractivity contribution in [2.45, 2.75) is 18.9 Å². The Morgan fingerprint density at radius 3 is 2.50 bits per heavy atom. The molecule has 0 bridgehead atoms. The van der Waals surface area contributed by atoms with Crippen molar-refractivity contribution in [3.63, 3.8) is 0 Å². The highest BCUT2D eigenvalue weighted by atomic mass is 16.5. The lowest BCUT2D eigenvalue weighted by molar-refractivity contribution is -0.126. The number of para-hydroxylation sites is 1. The van der Waals surface area contributed by atoms with E-state index in [0.717, 1.165) is 24.2 Å². The molecule has 2 heterocycles. The summed E-state index contributed by atoms with van der Waals surface area (Å²) in [5.41, 5.74) is 1.69. The van der Waals surface area contributed by atoms with E-state index in [1.807, 2.05) is 73.6 Å². The molecule has 0 aliphatic carbocycles. The van der Waals surface area contributed by atoms with E-state index in [0.29, 0.717) is 42.5 Å². The molecular formula is C28H30N6O2. The average molecular weight is 483 g/mol. The van der Waals surface area contributed by atoms with Crippen LogP contribution < -0.4 is 10.1 Å². The van der Waals surface area contributed by atoms with E-state index >= 15 is 0 Å². The standard InChI is InChI=1S/C28H30N6O2/c1-33(2)16-6-9-26(35)34-17-14-22(15-18-34)32-28-25(19-30-20-31-28)27(29)21-10-12-24(13-11-21)36-23-7-4-3-5-8-23/h3-5,7-8,10-13,19-20,22,29H,14-18H2,1-2H3,(H,30,31,32). The molecule has 184 valence electrons. The van der Waals surface area contributed by atoms with Crippen molar-refractivity contribution < 1.29 is 9.53 Å². The number of hydrogen-bond donors (Lipinski definition) is 2. The number of piperidine rings is 1. The van der Waals surface area contributed by atoms with Gasteiger partial charge in [0.25, 0.3) is 5.91 Å². The summed E-state index contributed by atoms with van der Waals surface area (Å²) in [6.45, 7) is 1.83. The van der Waals surface area contributed by atoms with Gasteiger partial charge in [-0.25, -0.2) is 9.97 Å². The first-order valence-electron chi connectivity index (χ1n) is 11.9. The van der Waals surface area contributed by atoms with Gasteiger partial charge in [-0.05, 0) is 69.3 Å². The fraction of sp³-hybridized carbons (Fsp3) is 0.286. The highest BCUT2D eigenvalue weighted by molar-refractivity contribution is 6.13. The SMILES string of the molecule is CN(C)CC#CC(=O)N1CCC(Nc2ncncc2C(=N)c2ccc(Oc3ccccc3)cc2)CC1. The van der Waals surface area contributed by atoms with Crippen LogP contribution in [-0.4, -0.2) is 71.2 Å². The third-order valence-corrected chi connectivity index (χ3v) is 5.82. The number of carbonyl (C=O) groups is 1. The van der Waals surface area contributed by atoms with Gasteiger partial charge in [0.15, 0.2) is 0 Å². The highest BCUT2D eigenvalue weighted by Crippen LogP contribution is 2.24. The zero-order valence-electron chi connectivity index (χ0n) is 20.6. The normalized spacial score (nSPS) is 13.6. The van der Waals surface area contributed by atoms with Crippen molar-refractivity contribution in [1.29, 1.82) is 5.41 Å². The molecule has 1 aromatic heterocycles. The number of nitrogens with one attached hydrogen (secondary N) is 2. The molecule has 0 radical (unpaired) electrons. The Balaban J connectivity index is 1.37. The van der Waals surface area contributed by atoms with E-state index in [-0.39, 0.29) is 11.9 Å². The Hall–Kier alpha value is -4.22. The van der Waals surface area contributed by atoms with E-state index in [1.54, 1.807) is 11.1 Å². The van der Waals surface area contributed by atoms with E-state index in [2.05, 4.69) is 27.1 Å². The maximum atomic E-state index is 12.3. The van der Waals surface area contributed by atoms with E-state index < -0.39 is 0 Å². The first-order valence-corrected chi connectivity index (χ1v) is 11.9. The summed E-state index contributed by atoms with van der Waals surface area (Å²) < 4.78 is 5.85. The lowest BCUT2D eigenvalue weighted by Crippen LogP contribution is -2.42. The van der Waals surface area contributed by atoms with E-state index in [4.69, 9.17) is 10.1 Å². The molecule has 1 aliphatic rings. The molecule has 1 fully saturated rings. The molecule has 2 aromatic carbocycles. The van der Waals surface area contributed by atoms with Gasteiger partial charge < -0.3 is 15.0 Å². The fourth-order valence-electron chi connectivity index (χ4n) is 3.87. The molecule has 3 aromatic rings. The first kappa shape index (κ1) is 24.9. The minimum absolute atomic E-state index is 0.125. The van der Waals surface area contributed by atoms with Gasteiger partial charge in [-0.2, -0.15) is 0 Å². The number of ether oxygens (including phenoxy) is 1. The number of aromatic nitrogens is 2. The molecule has 0 saturated carbocycles. The van der Waals surface area contributed by atoms with Crippen LogP contribution in [0.5, 0.6) is 11.5 Å². The van der Waals surface area contributed by atoms with Gasteiger partial charge in [-0.3, -0.25) is 15.1 Å². The molecule has 4 rings (SSSR count). The van der Waals surface area contributed by atoms with Crippen molar-refractivity contribution in [2.75, 3.05) is 39.0 Å². The number of benzene rings is 2. The van der Waals surface area contributed by atoms with E-state index in [9.17, 15) is 4.79 Å². The van der Waals surface area contributed by atoms with Crippen LogP contribution in [0.25, 0.3) is 0 Å². The fourth-order valence-corrected chi connectivity index (χ4v) is 3.87. The minimum atomic E-state index is -0.125. The maximum Gasteiger partial charge on any atom is 0.298 e. The Kier molecular flexibility index (Phi) is 8.27. The van der Waals surface area contributed by atoms with Crippen molar-refractivity contribution in [2.24, 2.45) is 0 Å². The number of nitrogens with zero attached hydrogens (tertiary/aromatic N) is 4. The predicted molar refractivity (Wildman–Crippen MR) is 140 cm³/mol. The van der Waals surface area contributed by atoms with Gasteiger partial charge in [0, 0.05) is 30.9 Å². The molecule has 0 unspecified atom stereocenters. The first-order chi connectivity index (χ1) is 17.5. The zero-order chi connectivity index (χ0) is 25.3. The summed E-state index contributed by atoms with van der Waals surface area (Å²) in [5, 5.41) is 12.2. The van der Waals surface area contributed by atoms with Gasteiger partial charge >= 0.3 is 0 Å². The number of anilines is 1. The second-order valence-corrected chi connectivity index (χ2v) is 8.85. The molecule has 1 saturated heterocycles. The number of carbonyl (C=O) groups excluding carboxylic acids is 1. The molecule has 8 nitrogen and oxygen atoms in total. The second kappa shape index (κ2) is 12.0. The molecule has 8 heteroatoms. The van der Waals surface area contributed by atoms with Crippen LogP contribution in [-0.2, 0) is 4.79 Å². The number of likely N-dealkylation sites (tertiary alicyclic amines) is 1. The lowest BCUT2D eigenvalue weighted by Gasteiger charge is -2.31. The molecule has 36 heavy (non-hydrogen) atoms. The van der Waals surface area contributed by atoms with Crippen molar-refractivity contribution >= 4 is 17.4 Å². The molecule has 1 amide bonds. The monoisotopic (exact) mass is 482 g/mol. The van der Waals surface area contributed by atoms with Crippen LogP contribution in [0.3, 0.4) is 0 Å². The van der Waals surface area contributed by atoms with Crippen molar-refractivity contribution in [3.8, 4) is 23.3 Å². The molecule has 0 spiro atoms. The van der Waals surface area contributed by atoms with Gasteiger partial charge in [-0.15, -0.1) is 0 Å². The molecular weight excluding hydrogens is 452 g/mol. The Morgan fingerprint density at radius 1 is 1.11 bits per heavy atom. The largest absolute Gasteiger partial charge is 0.457 e. The third kappa shape index (κ3) is 6.68. The van der Waals surface area contributed by atoms with Crippen LogP contribution in [0.15, 0.2) is 67.1 Å². The topological polar surface area (TPSA) is 94.4 Å². The summed E-state index contributed by atoms with van der Waals surface area (Å²) in [7, 11) is 3.85. The minimum Gasteiger partial charge on any atom is -0.457 e. The summed E-state index contributed by atoms with van der Waals surface area (Å²) in [5.74, 6) is 7.59. The summed E-state index contributed by atoms with van der Waals surface area (Å²) >= 11 is 0. The van der Waals surface area contributed by atoms with E-state index in [1.165, 1.54) is 6.33 Å². The van der Waals surface area contributed by atoms with Crippen LogP contribution in [0, 0.1) is 17.3 Å². The van der Waals surface area contributed by atoms with Crippen LogP contribution >= 0.6 is 0 Å². The highest BCUT2D eigenvalue weighted by Gasteiger charge is 2.23. The third-order valence-electron chi connectivity index (χ3n) is 5.82. The van der Waals surface area contributed by atoms with Crippen LogP contribution in [0.2, 0.25) is 0 Å². The summed E-state index contributed by atoms with van der Waals surface area (Å²) in [6, 6.07) is 17.1. The smallest absolute Gasteiger partial charge is 0.298 e. The average Bonchev–Trinajstić information content (AvgIpc) is 2.90. The Labute approximate surface area is 211 Å². The number of hydrogen-bond acceptors (Lipinski definition) is 7. The molecule has 0 atom stereocenters. The van der Waals surface area contributed by atoms with Crippen molar-refractivity contribution in [1.82, 2.24) is 19.8 Å². The lowest BCUT2D eigenvalue weighted by atomic mass is 10.0. The maximum absolute atomic E-state index is 12.3. The Bertz CT molecular complexity index is 1240. The quantitative estimate of drug-likeness (QED) is 0.394. The summed E-state index contributed by atoms with van der Waals surface area (Å²) in [4.78, 5) is 24.6. The zero-order valence-corrected chi connectivity index (χ0v) is 20.6.